The fourth-order valence-corrected chi connectivity index (χ4v) is 3.24. The van der Waals surface area contributed by atoms with Crippen LogP contribution in [-0.4, -0.2) is 32.3 Å². The van der Waals surface area contributed by atoms with Gasteiger partial charge in [-0.25, -0.2) is 0 Å². The van der Waals surface area contributed by atoms with Crippen molar-refractivity contribution in [1.29, 1.82) is 0 Å². The summed E-state index contributed by atoms with van der Waals surface area (Å²) in [6.07, 6.45) is 1.22. The number of esters is 1. The van der Waals surface area contributed by atoms with Gasteiger partial charge in [0, 0.05) is 13.2 Å². The minimum absolute atomic E-state index is 0.151. The van der Waals surface area contributed by atoms with E-state index in [9.17, 15) is 4.79 Å². The Hall–Kier alpha value is -2.17. The van der Waals surface area contributed by atoms with Crippen LogP contribution in [0.1, 0.15) is 25.8 Å². The van der Waals surface area contributed by atoms with Crippen LogP contribution >= 0.6 is 0 Å². The van der Waals surface area contributed by atoms with Crippen LogP contribution in [0.2, 0.25) is 0 Å². The van der Waals surface area contributed by atoms with E-state index in [0.717, 1.165) is 5.56 Å². The highest BCUT2D eigenvalue weighted by Gasteiger charge is 2.36. The maximum Gasteiger partial charge on any atom is 0.314 e. The van der Waals surface area contributed by atoms with Crippen molar-refractivity contribution in [3.8, 4) is 11.1 Å². The minimum atomic E-state index is -0.728. The number of methoxy groups -OCH3 is 1. The predicted octanol–water partition coefficient (Wildman–Crippen LogP) is 3.83. The molecule has 2 aromatic carbocycles. The van der Waals surface area contributed by atoms with E-state index in [-0.39, 0.29) is 12.0 Å². The molecule has 0 spiro atoms. The van der Waals surface area contributed by atoms with Crippen molar-refractivity contribution in [1.82, 2.24) is 0 Å². The average molecular weight is 355 g/mol. The molecule has 2 atom stereocenters. The lowest BCUT2D eigenvalue weighted by Gasteiger charge is -2.29. The summed E-state index contributed by atoms with van der Waals surface area (Å²) >= 11 is 0. The molecule has 2 unspecified atom stereocenters. The van der Waals surface area contributed by atoms with Crippen LogP contribution in [0.3, 0.4) is 0 Å². The van der Waals surface area contributed by atoms with Gasteiger partial charge in [-0.2, -0.15) is 0 Å². The van der Waals surface area contributed by atoms with Gasteiger partial charge in [0.1, 0.15) is 0 Å². The number of nitrogens with two attached hydrogens (primary N) is 1. The van der Waals surface area contributed by atoms with Gasteiger partial charge >= 0.3 is 5.97 Å². The predicted molar refractivity (Wildman–Crippen MR) is 105 cm³/mol. The Morgan fingerprint density at radius 1 is 1.08 bits per heavy atom. The molecule has 0 fully saturated rings. The van der Waals surface area contributed by atoms with Crippen molar-refractivity contribution in [3.05, 3.63) is 60.2 Å². The molecular formula is C22H29NO3. The zero-order valence-electron chi connectivity index (χ0n) is 15.9. The van der Waals surface area contributed by atoms with Gasteiger partial charge in [-0.3, -0.25) is 4.79 Å². The number of carbonyl (C=O) groups excluding carboxylic acids is 1. The molecule has 0 bridgehead atoms. The zero-order valence-corrected chi connectivity index (χ0v) is 15.9. The topological polar surface area (TPSA) is 61.5 Å². The standard InChI is InChI=1S/C22H29NO3/c1-4-26-21(24)22(2,16-25-3)15-20(23)14-17-10-12-19(13-11-17)18-8-6-5-7-9-18/h5-13,20H,4,14-16,23H2,1-3H3. The van der Waals surface area contributed by atoms with E-state index >= 15 is 0 Å². The van der Waals surface area contributed by atoms with Crippen molar-refractivity contribution in [2.45, 2.75) is 32.7 Å². The lowest BCUT2D eigenvalue weighted by molar-refractivity contribution is -0.158. The Bertz CT molecular complexity index is 684. The maximum atomic E-state index is 12.3. The SMILES string of the molecule is CCOC(=O)C(C)(COC)CC(N)Cc1ccc(-c2ccccc2)cc1. The first-order valence-electron chi connectivity index (χ1n) is 9.04. The molecule has 0 saturated carbocycles. The first kappa shape index (κ1) is 20.1. The second kappa shape index (κ2) is 9.51. The molecule has 2 aromatic rings. The van der Waals surface area contributed by atoms with Crippen molar-refractivity contribution in [2.75, 3.05) is 20.3 Å². The molecule has 0 aliphatic carbocycles. The van der Waals surface area contributed by atoms with Crippen LogP contribution in [0.4, 0.5) is 0 Å². The molecule has 0 saturated heterocycles. The van der Waals surface area contributed by atoms with Crippen molar-refractivity contribution in [3.63, 3.8) is 0 Å². The van der Waals surface area contributed by atoms with Crippen molar-refractivity contribution in [2.24, 2.45) is 11.1 Å². The number of rotatable bonds is 9. The summed E-state index contributed by atoms with van der Waals surface area (Å²) in [7, 11) is 1.59. The maximum absolute atomic E-state index is 12.3. The number of hydrogen-bond acceptors (Lipinski definition) is 4. The Balaban J connectivity index is 2.02. The molecule has 0 aromatic heterocycles. The van der Waals surface area contributed by atoms with Gasteiger partial charge in [0.25, 0.3) is 0 Å². The van der Waals surface area contributed by atoms with E-state index in [2.05, 4.69) is 36.4 Å². The van der Waals surface area contributed by atoms with E-state index in [0.29, 0.717) is 26.1 Å². The highest BCUT2D eigenvalue weighted by molar-refractivity contribution is 5.76. The molecule has 0 aliphatic rings. The van der Waals surface area contributed by atoms with Crippen LogP contribution in [0.25, 0.3) is 11.1 Å². The van der Waals surface area contributed by atoms with Gasteiger partial charge in [-0.05, 0) is 43.4 Å². The number of hydrogen-bond donors (Lipinski definition) is 1. The fraction of sp³-hybridized carbons (Fsp3) is 0.409. The number of carbonyl (C=O) groups is 1. The van der Waals surface area contributed by atoms with Gasteiger partial charge in [0.15, 0.2) is 0 Å². The van der Waals surface area contributed by atoms with E-state index in [1.165, 1.54) is 11.1 Å². The quantitative estimate of drug-likeness (QED) is 0.695. The summed E-state index contributed by atoms with van der Waals surface area (Å²) in [6.45, 7) is 4.31. The first-order valence-corrected chi connectivity index (χ1v) is 9.04. The number of benzene rings is 2. The zero-order chi connectivity index (χ0) is 19.0. The molecule has 0 radical (unpaired) electrons. The third-order valence-electron chi connectivity index (χ3n) is 4.50. The van der Waals surface area contributed by atoms with Crippen LogP contribution in [0.5, 0.6) is 0 Å². The second-order valence-corrected chi connectivity index (χ2v) is 6.95. The van der Waals surface area contributed by atoms with Gasteiger partial charge < -0.3 is 15.2 Å². The Kier molecular flexibility index (Phi) is 7.37. The molecule has 0 aliphatic heterocycles. The molecule has 4 heteroatoms. The highest BCUT2D eigenvalue weighted by atomic mass is 16.5. The van der Waals surface area contributed by atoms with E-state index in [4.69, 9.17) is 15.2 Å². The lowest BCUT2D eigenvalue weighted by Crippen LogP contribution is -2.41. The highest BCUT2D eigenvalue weighted by Crippen LogP contribution is 2.27. The summed E-state index contributed by atoms with van der Waals surface area (Å²) in [5.41, 5.74) is 9.14. The average Bonchev–Trinajstić information content (AvgIpc) is 2.63. The largest absolute Gasteiger partial charge is 0.466 e. The van der Waals surface area contributed by atoms with E-state index in [1.807, 2.05) is 25.1 Å². The number of ether oxygens (including phenoxy) is 2. The summed E-state index contributed by atoms with van der Waals surface area (Å²) in [4.78, 5) is 12.3. The van der Waals surface area contributed by atoms with Crippen molar-refractivity contribution < 1.29 is 14.3 Å². The summed E-state index contributed by atoms with van der Waals surface area (Å²) < 4.78 is 10.4. The third-order valence-corrected chi connectivity index (χ3v) is 4.50. The molecule has 26 heavy (non-hydrogen) atoms. The second-order valence-electron chi connectivity index (χ2n) is 6.95. The van der Waals surface area contributed by atoms with Gasteiger partial charge in [-0.15, -0.1) is 0 Å². The van der Waals surface area contributed by atoms with Crippen molar-refractivity contribution >= 4 is 5.97 Å². The fourth-order valence-electron chi connectivity index (χ4n) is 3.24. The summed E-state index contributed by atoms with van der Waals surface area (Å²) in [5.74, 6) is -0.253. The van der Waals surface area contributed by atoms with Gasteiger partial charge in [0.05, 0.1) is 18.6 Å². The Morgan fingerprint density at radius 2 is 1.69 bits per heavy atom. The smallest absolute Gasteiger partial charge is 0.314 e. The summed E-state index contributed by atoms with van der Waals surface area (Å²) in [6, 6.07) is 18.5. The molecule has 0 amide bonds. The third kappa shape index (κ3) is 5.41. The van der Waals surface area contributed by atoms with E-state index in [1.54, 1.807) is 14.0 Å². The summed E-state index contributed by atoms with van der Waals surface area (Å²) in [5, 5.41) is 0. The molecule has 2 rings (SSSR count). The van der Waals surface area contributed by atoms with E-state index < -0.39 is 5.41 Å². The van der Waals surface area contributed by atoms with Crippen LogP contribution in [-0.2, 0) is 20.7 Å². The van der Waals surface area contributed by atoms with Gasteiger partial charge in [0.2, 0.25) is 0 Å². The molecule has 140 valence electrons. The van der Waals surface area contributed by atoms with Gasteiger partial charge in [-0.1, -0.05) is 54.6 Å². The normalized spacial score (nSPS) is 14.5. The monoisotopic (exact) mass is 355 g/mol. The first-order chi connectivity index (χ1) is 12.5. The van der Waals surface area contributed by atoms with Crippen LogP contribution in [0.15, 0.2) is 54.6 Å². The Morgan fingerprint density at radius 3 is 2.27 bits per heavy atom. The minimum Gasteiger partial charge on any atom is -0.466 e. The van der Waals surface area contributed by atoms with Crippen LogP contribution in [0, 0.1) is 5.41 Å². The van der Waals surface area contributed by atoms with Crippen LogP contribution < -0.4 is 5.73 Å². The molecular weight excluding hydrogens is 326 g/mol. The molecule has 0 heterocycles. The Labute approximate surface area is 156 Å². The molecule has 2 N–H and O–H groups in total. The lowest BCUT2D eigenvalue weighted by atomic mass is 9.82. The molecule has 4 nitrogen and oxygen atoms in total.